The second-order valence-electron chi connectivity index (χ2n) is 1.63. The van der Waals surface area contributed by atoms with Gasteiger partial charge in [-0.25, -0.2) is 8.78 Å². The maximum atomic E-state index is 11.6. The summed E-state index contributed by atoms with van der Waals surface area (Å²) in [6.07, 6.45) is -4.02. The molecule has 1 heterocycles. The summed E-state index contributed by atoms with van der Waals surface area (Å²) >= 11 is 0. The van der Waals surface area contributed by atoms with Crippen LogP contribution in [0.4, 0.5) is 8.78 Å². The molecule has 1 saturated heterocycles. The Balaban J connectivity index is 2.39. The minimum absolute atomic E-state index is 0.255. The summed E-state index contributed by atoms with van der Waals surface area (Å²) in [5, 5.41) is 1.94. The second kappa shape index (κ2) is 2.26. The molecule has 5 heteroatoms. The van der Waals surface area contributed by atoms with E-state index in [1.54, 1.807) is 0 Å². The van der Waals surface area contributed by atoms with E-state index < -0.39 is 18.6 Å². The molecular weight excluding hydrogens is 132 g/mol. The van der Waals surface area contributed by atoms with Crippen LogP contribution >= 0.6 is 0 Å². The lowest BCUT2D eigenvalue weighted by Gasteiger charge is -2.05. The van der Waals surface area contributed by atoms with Crippen molar-refractivity contribution in [1.29, 1.82) is 0 Å². The van der Waals surface area contributed by atoms with Crippen molar-refractivity contribution in [2.45, 2.75) is 12.7 Å². The topological polar surface area (TPSA) is 38.3 Å². The first-order chi connectivity index (χ1) is 4.20. The van der Waals surface area contributed by atoms with Gasteiger partial charge in [0, 0.05) is 0 Å². The molecule has 1 atom stereocenters. The van der Waals surface area contributed by atoms with Crippen molar-refractivity contribution >= 4 is 5.91 Å². The Morgan fingerprint density at radius 1 is 1.78 bits per heavy atom. The SMILES string of the molecule is O=C1COC(C(F)F)N1. The van der Waals surface area contributed by atoms with Gasteiger partial charge in [-0.05, 0) is 0 Å². The standard InChI is InChI=1S/C4H5F2NO2/c5-3(6)4-7-2(8)1-9-4/h3-4H,1H2,(H,7,8). The predicted octanol–water partition coefficient (Wildman–Crippen LogP) is -0.276. The summed E-state index contributed by atoms with van der Waals surface area (Å²) in [6, 6.07) is 0. The molecule has 1 N–H and O–H groups in total. The van der Waals surface area contributed by atoms with Crippen molar-refractivity contribution in [2.24, 2.45) is 0 Å². The molecule has 0 radical (unpaired) electrons. The van der Waals surface area contributed by atoms with E-state index in [0.717, 1.165) is 0 Å². The van der Waals surface area contributed by atoms with E-state index in [1.165, 1.54) is 0 Å². The molecule has 1 amide bonds. The second-order valence-corrected chi connectivity index (χ2v) is 1.63. The molecule has 0 bridgehead atoms. The Bertz CT molecular complexity index is 128. The van der Waals surface area contributed by atoms with Crippen LogP contribution in [0.25, 0.3) is 0 Å². The van der Waals surface area contributed by atoms with Crippen LogP contribution in [0.2, 0.25) is 0 Å². The highest BCUT2D eigenvalue weighted by Gasteiger charge is 2.28. The van der Waals surface area contributed by atoms with Gasteiger partial charge in [-0.15, -0.1) is 0 Å². The fraction of sp³-hybridized carbons (Fsp3) is 0.750. The summed E-state index contributed by atoms with van der Waals surface area (Å²) in [5.74, 6) is -0.486. The van der Waals surface area contributed by atoms with Crippen LogP contribution in [0, 0.1) is 0 Å². The summed E-state index contributed by atoms with van der Waals surface area (Å²) < 4.78 is 27.5. The number of nitrogens with one attached hydrogen (secondary N) is 1. The van der Waals surface area contributed by atoms with E-state index in [2.05, 4.69) is 4.74 Å². The largest absolute Gasteiger partial charge is 0.343 e. The van der Waals surface area contributed by atoms with Crippen LogP contribution in [0.3, 0.4) is 0 Å². The molecular formula is C4H5F2NO2. The quantitative estimate of drug-likeness (QED) is 0.540. The van der Waals surface area contributed by atoms with Gasteiger partial charge < -0.3 is 10.1 Å². The zero-order chi connectivity index (χ0) is 6.85. The lowest BCUT2D eigenvalue weighted by molar-refractivity contribution is -0.119. The average molecular weight is 137 g/mol. The van der Waals surface area contributed by atoms with Gasteiger partial charge in [-0.3, -0.25) is 4.79 Å². The van der Waals surface area contributed by atoms with Gasteiger partial charge in [0.05, 0.1) is 0 Å². The third-order valence-electron chi connectivity index (χ3n) is 0.926. The van der Waals surface area contributed by atoms with Gasteiger partial charge in [-0.1, -0.05) is 0 Å². The van der Waals surface area contributed by atoms with Crippen molar-refractivity contribution in [1.82, 2.24) is 5.32 Å². The number of hydrogen-bond donors (Lipinski definition) is 1. The van der Waals surface area contributed by atoms with Crippen LogP contribution in [0.1, 0.15) is 0 Å². The minimum Gasteiger partial charge on any atom is -0.343 e. The average Bonchev–Trinajstić information content (AvgIpc) is 2.14. The zero-order valence-electron chi connectivity index (χ0n) is 4.43. The normalized spacial score (nSPS) is 27.0. The van der Waals surface area contributed by atoms with Gasteiger partial charge >= 0.3 is 0 Å². The predicted molar refractivity (Wildman–Crippen MR) is 23.9 cm³/mol. The zero-order valence-corrected chi connectivity index (χ0v) is 4.43. The van der Waals surface area contributed by atoms with Crippen molar-refractivity contribution in [3.8, 4) is 0 Å². The molecule has 0 saturated carbocycles. The summed E-state index contributed by atoms with van der Waals surface area (Å²) in [7, 11) is 0. The van der Waals surface area contributed by atoms with Crippen molar-refractivity contribution < 1.29 is 18.3 Å². The van der Waals surface area contributed by atoms with Gasteiger partial charge in [0.1, 0.15) is 6.61 Å². The molecule has 1 unspecified atom stereocenters. The highest BCUT2D eigenvalue weighted by molar-refractivity contribution is 5.78. The highest BCUT2D eigenvalue weighted by atomic mass is 19.3. The molecule has 0 aromatic heterocycles. The number of hydrogen-bond acceptors (Lipinski definition) is 2. The van der Waals surface area contributed by atoms with Crippen LogP contribution < -0.4 is 5.32 Å². The Hall–Kier alpha value is -0.710. The van der Waals surface area contributed by atoms with Crippen LogP contribution in [-0.2, 0) is 9.53 Å². The molecule has 52 valence electrons. The number of amides is 1. The van der Waals surface area contributed by atoms with Crippen LogP contribution in [0.15, 0.2) is 0 Å². The molecule has 1 rings (SSSR count). The van der Waals surface area contributed by atoms with E-state index in [4.69, 9.17) is 0 Å². The maximum Gasteiger partial charge on any atom is 0.282 e. The van der Waals surface area contributed by atoms with Crippen molar-refractivity contribution in [3.05, 3.63) is 0 Å². The van der Waals surface area contributed by atoms with Crippen LogP contribution in [-0.4, -0.2) is 25.2 Å². The molecule has 1 aliphatic rings. The smallest absolute Gasteiger partial charge is 0.282 e. The van der Waals surface area contributed by atoms with E-state index in [9.17, 15) is 13.6 Å². The molecule has 1 fully saturated rings. The summed E-state index contributed by atoms with van der Waals surface area (Å²) in [6.45, 7) is -0.255. The molecule has 0 aromatic carbocycles. The van der Waals surface area contributed by atoms with Crippen molar-refractivity contribution in [3.63, 3.8) is 0 Å². The highest BCUT2D eigenvalue weighted by Crippen LogP contribution is 2.06. The molecule has 0 spiro atoms. The Morgan fingerprint density at radius 3 is 2.67 bits per heavy atom. The van der Waals surface area contributed by atoms with Gasteiger partial charge in [0.15, 0.2) is 6.23 Å². The monoisotopic (exact) mass is 137 g/mol. The first-order valence-corrected chi connectivity index (χ1v) is 2.39. The van der Waals surface area contributed by atoms with E-state index in [0.29, 0.717) is 0 Å². The lowest BCUT2D eigenvalue weighted by atomic mass is 10.6. The Morgan fingerprint density at radius 2 is 2.44 bits per heavy atom. The van der Waals surface area contributed by atoms with Crippen molar-refractivity contribution in [2.75, 3.05) is 6.61 Å². The number of rotatable bonds is 1. The van der Waals surface area contributed by atoms with Gasteiger partial charge in [0.2, 0.25) is 5.91 Å². The molecule has 1 aliphatic heterocycles. The maximum absolute atomic E-state index is 11.6. The fourth-order valence-electron chi connectivity index (χ4n) is 0.543. The third-order valence-corrected chi connectivity index (χ3v) is 0.926. The number of carbonyl (C=O) groups is 1. The van der Waals surface area contributed by atoms with E-state index in [1.807, 2.05) is 5.32 Å². The molecule has 0 aliphatic carbocycles. The van der Waals surface area contributed by atoms with Gasteiger partial charge in [-0.2, -0.15) is 0 Å². The summed E-state index contributed by atoms with van der Waals surface area (Å²) in [5.41, 5.74) is 0. The van der Waals surface area contributed by atoms with Gasteiger partial charge in [0.25, 0.3) is 6.43 Å². The van der Waals surface area contributed by atoms with Crippen LogP contribution in [0.5, 0.6) is 0 Å². The Labute approximate surface area is 50.0 Å². The number of carbonyl (C=O) groups excluding carboxylic acids is 1. The molecule has 0 aromatic rings. The van der Waals surface area contributed by atoms with E-state index in [-0.39, 0.29) is 6.61 Å². The Kier molecular flexibility index (Phi) is 1.61. The number of halogens is 2. The number of ether oxygens (including phenoxy) is 1. The minimum atomic E-state index is -2.63. The molecule has 9 heavy (non-hydrogen) atoms. The third kappa shape index (κ3) is 1.35. The lowest BCUT2D eigenvalue weighted by Crippen LogP contribution is -2.32. The first-order valence-electron chi connectivity index (χ1n) is 2.39. The number of alkyl halides is 2. The first kappa shape index (κ1) is 6.41. The summed E-state index contributed by atoms with van der Waals surface area (Å²) in [4.78, 5) is 10.2. The molecule has 3 nitrogen and oxygen atoms in total. The van der Waals surface area contributed by atoms with E-state index >= 15 is 0 Å². The fourth-order valence-corrected chi connectivity index (χ4v) is 0.543.